The van der Waals surface area contributed by atoms with Gasteiger partial charge in [-0.3, -0.25) is 0 Å². The van der Waals surface area contributed by atoms with Crippen LogP contribution in [0.2, 0.25) is 39.3 Å². The first kappa shape index (κ1) is 19.4. The highest BCUT2D eigenvalue weighted by Gasteiger charge is 2.13. The lowest BCUT2D eigenvalue weighted by Crippen LogP contribution is -2.21. The Morgan fingerprint density at radius 3 is 1.68 bits per heavy atom. The Morgan fingerprint density at radius 1 is 0.760 bits per heavy atom. The first-order valence-electron chi connectivity index (χ1n) is 8.79. The van der Waals surface area contributed by atoms with Crippen LogP contribution in [0.25, 0.3) is 10.7 Å². The van der Waals surface area contributed by atoms with E-state index in [-0.39, 0.29) is 0 Å². The van der Waals surface area contributed by atoms with Gasteiger partial charge in [0.25, 0.3) is 0 Å². The van der Waals surface area contributed by atoms with Gasteiger partial charge in [-0.2, -0.15) is 0 Å². The minimum Gasteiger partial charge on any atom is -0.687 e. The van der Waals surface area contributed by atoms with Crippen molar-refractivity contribution in [1.29, 1.82) is 0 Å². The Bertz CT molecular complexity index is 737. The van der Waals surface area contributed by atoms with Crippen LogP contribution in [0.1, 0.15) is 11.1 Å². The Kier molecular flexibility index (Phi) is 6.19. The van der Waals surface area contributed by atoms with Crippen LogP contribution < -0.4 is 0 Å². The lowest BCUT2D eigenvalue weighted by Gasteiger charge is -2.39. The van der Waals surface area contributed by atoms with Gasteiger partial charge in [-0.15, -0.1) is 5.70 Å². The molecule has 132 valence electrons. The molecule has 0 aliphatic heterocycles. The summed E-state index contributed by atoms with van der Waals surface area (Å²) in [6.45, 7) is 13.6. The van der Waals surface area contributed by atoms with Gasteiger partial charge in [0.05, 0.1) is 5.71 Å². The average molecular weight is 366 g/mol. The standard InChI is InChI=1S/C21H29N2Si2/c1-24(2,3)22-20(18-13-9-7-10-14-18)17-21(23-25(4,5)6)19-15-11-8-12-16-19/h7-17H,1-6H3/q-1/b20-17-,23-21-. The summed E-state index contributed by atoms with van der Waals surface area (Å²) in [4.78, 5) is 5.11. The van der Waals surface area contributed by atoms with Gasteiger partial charge in [0.15, 0.2) is 8.24 Å². The summed E-state index contributed by atoms with van der Waals surface area (Å²) in [6, 6.07) is 20.9. The lowest BCUT2D eigenvalue weighted by atomic mass is 10.1. The minimum atomic E-state index is -1.62. The summed E-state index contributed by atoms with van der Waals surface area (Å²) in [5.74, 6) is 0. The molecule has 0 aromatic heterocycles. The van der Waals surface area contributed by atoms with E-state index in [0.717, 1.165) is 22.5 Å². The quantitative estimate of drug-likeness (QED) is 0.409. The second kappa shape index (κ2) is 7.98. The molecule has 0 saturated carbocycles. The third kappa shape index (κ3) is 6.84. The second-order valence-electron chi connectivity index (χ2n) is 8.21. The molecule has 0 amide bonds. The molecule has 0 spiro atoms. The summed E-state index contributed by atoms with van der Waals surface area (Å²) in [7, 11) is -3.23. The highest BCUT2D eigenvalue weighted by Crippen LogP contribution is 2.28. The summed E-state index contributed by atoms with van der Waals surface area (Å²) < 4.78 is 5.11. The number of hydrogen-bond donors (Lipinski definition) is 0. The van der Waals surface area contributed by atoms with Gasteiger partial charge in [-0.25, -0.2) is 0 Å². The molecule has 2 aromatic rings. The fourth-order valence-electron chi connectivity index (χ4n) is 2.43. The smallest absolute Gasteiger partial charge is 0.173 e. The molecule has 0 aliphatic carbocycles. The fraction of sp³-hybridized carbons (Fsp3) is 0.286. The highest BCUT2D eigenvalue weighted by molar-refractivity contribution is 6.82. The van der Waals surface area contributed by atoms with E-state index in [9.17, 15) is 0 Å². The van der Waals surface area contributed by atoms with Crippen LogP contribution in [0.5, 0.6) is 0 Å². The van der Waals surface area contributed by atoms with Crippen LogP contribution in [0, 0.1) is 0 Å². The second-order valence-corrected chi connectivity index (χ2v) is 17.3. The third-order valence-corrected chi connectivity index (χ3v) is 5.15. The van der Waals surface area contributed by atoms with Gasteiger partial charge in [0.1, 0.15) is 0 Å². The van der Waals surface area contributed by atoms with E-state index >= 15 is 0 Å². The van der Waals surface area contributed by atoms with Gasteiger partial charge < -0.3 is 9.64 Å². The molecule has 0 fully saturated rings. The Labute approximate surface area is 154 Å². The molecule has 4 heteroatoms. The predicted molar refractivity (Wildman–Crippen MR) is 117 cm³/mol. The van der Waals surface area contributed by atoms with E-state index in [1.54, 1.807) is 0 Å². The topological polar surface area (TPSA) is 26.5 Å². The highest BCUT2D eigenvalue weighted by atomic mass is 28.3. The van der Waals surface area contributed by atoms with Gasteiger partial charge >= 0.3 is 0 Å². The van der Waals surface area contributed by atoms with Crippen molar-refractivity contribution in [3.63, 3.8) is 0 Å². The minimum absolute atomic E-state index is 1.04. The van der Waals surface area contributed by atoms with Gasteiger partial charge in [0.2, 0.25) is 0 Å². The number of benzene rings is 2. The maximum absolute atomic E-state index is 5.11. The normalized spacial score (nSPS) is 13.7. The number of nitrogens with zero attached hydrogens (tertiary/aromatic N) is 2. The number of rotatable bonds is 6. The van der Waals surface area contributed by atoms with Crippen molar-refractivity contribution in [1.82, 2.24) is 0 Å². The monoisotopic (exact) mass is 365 g/mol. The molecule has 0 saturated heterocycles. The molecule has 0 aliphatic rings. The summed E-state index contributed by atoms with van der Waals surface area (Å²) in [5.41, 5.74) is 4.40. The van der Waals surface area contributed by atoms with E-state index in [1.807, 2.05) is 12.1 Å². The Balaban J connectivity index is 2.57. The molecule has 2 nitrogen and oxygen atoms in total. The van der Waals surface area contributed by atoms with Crippen LogP contribution >= 0.6 is 0 Å². The van der Waals surface area contributed by atoms with E-state index in [4.69, 9.17) is 9.64 Å². The first-order chi connectivity index (χ1) is 11.6. The molecule has 2 rings (SSSR count). The van der Waals surface area contributed by atoms with Crippen molar-refractivity contribution in [3.05, 3.63) is 82.8 Å². The summed E-state index contributed by atoms with van der Waals surface area (Å²) >= 11 is 0. The SMILES string of the molecule is C[Si](C)(C)/N=C(/C=C(\[N-][Si](C)(C)C)c1ccccc1)c1ccccc1. The molecular weight excluding hydrogens is 336 g/mol. The average Bonchev–Trinajstić information content (AvgIpc) is 2.53. The number of allylic oxidation sites excluding steroid dienone is 1. The van der Waals surface area contributed by atoms with Crippen molar-refractivity contribution >= 4 is 27.9 Å². The van der Waals surface area contributed by atoms with Crippen LogP contribution in [0.15, 0.2) is 71.4 Å². The van der Waals surface area contributed by atoms with E-state index < -0.39 is 16.5 Å². The van der Waals surface area contributed by atoms with Gasteiger partial charge in [-0.05, 0) is 39.0 Å². The van der Waals surface area contributed by atoms with Crippen LogP contribution in [0.4, 0.5) is 0 Å². The van der Waals surface area contributed by atoms with Crippen molar-refractivity contribution in [3.8, 4) is 0 Å². The molecule has 0 N–H and O–H groups in total. The van der Waals surface area contributed by atoms with Crippen LogP contribution in [0.3, 0.4) is 0 Å². The zero-order valence-electron chi connectivity index (χ0n) is 16.2. The zero-order valence-corrected chi connectivity index (χ0v) is 18.2. The molecule has 2 aromatic carbocycles. The number of hydrogen-bond acceptors (Lipinski definition) is 1. The first-order valence-corrected chi connectivity index (χ1v) is 15.7. The largest absolute Gasteiger partial charge is 0.687 e. The van der Waals surface area contributed by atoms with Crippen molar-refractivity contribution in [2.45, 2.75) is 39.3 Å². The molecular formula is C21H29N2Si2-. The molecule has 0 heterocycles. The lowest BCUT2D eigenvalue weighted by molar-refractivity contribution is 1.53. The zero-order chi connectivity index (χ0) is 18.5. The maximum Gasteiger partial charge on any atom is 0.173 e. The van der Waals surface area contributed by atoms with Crippen LogP contribution in [-0.2, 0) is 0 Å². The van der Waals surface area contributed by atoms with E-state index in [1.165, 1.54) is 0 Å². The van der Waals surface area contributed by atoms with Gasteiger partial charge in [0, 0.05) is 0 Å². The Hall–Kier alpha value is -1.92. The fourth-order valence-corrected chi connectivity index (χ4v) is 4.26. The Morgan fingerprint density at radius 2 is 1.24 bits per heavy atom. The maximum atomic E-state index is 5.11. The molecule has 0 radical (unpaired) electrons. The molecule has 0 bridgehead atoms. The summed E-state index contributed by atoms with van der Waals surface area (Å²) in [5, 5.41) is 0. The van der Waals surface area contributed by atoms with Gasteiger partial charge in [-0.1, -0.05) is 86.4 Å². The molecule has 0 atom stereocenters. The molecule has 0 unspecified atom stereocenters. The molecule has 25 heavy (non-hydrogen) atoms. The predicted octanol–water partition coefficient (Wildman–Crippen LogP) is 6.56. The van der Waals surface area contributed by atoms with Crippen molar-refractivity contribution in [2.75, 3.05) is 0 Å². The van der Waals surface area contributed by atoms with E-state index in [0.29, 0.717) is 0 Å². The van der Waals surface area contributed by atoms with Crippen molar-refractivity contribution in [2.24, 2.45) is 4.66 Å². The summed E-state index contributed by atoms with van der Waals surface area (Å²) in [6.07, 6.45) is 2.18. The van der Waals surface area contributed by atoms with Crippen LogP contribution in [-0.4, -0.2) is 22.2 Å². The third-order valence-electron chi connectivity index (χ3n) is 3.32. The van der Waals surface area contributed by atoms with Crippen molar-refractivity contribution < 1.29 is 0 Å². The van der Waals surface area contributed by atoms with E-state index in [2.05, 4.69) is 93.9 Å².